The van der Waals surface area contributed by atoms with Gasteiger partial charge in [-0.3, -0.25) is 0 Å². The van der Waals surface area contributed by atoms with Crippen molar-refractivity contribution in [1.29, 1.82) is 0 Å². The molecule has 1 unspecified atom stereocenters. The van der Waals surface area contributed by atoms with Gasteiger partial charge in [0.1, 0.15) is 5.82 Å². The van der Waals surface area contributed by atoms with Crippen LogP contribution in [-0.4, -0.2) is 5.75 Å². The van der Waals surface area contributed by atoms with E-state index in [9.17, 15) is 4.39 Å². The van der Waals surface area contributed by atoms with Gasteiger partial charge in [0.05, 0.1) is 0 Å². The Kier molecular flexibility index (Phi) is 5.02. The van der Waals surface area contributed by atoms with Crippen LogP contribution in [0.2, 0.25) is 0 Å². The van der Waals surface area contributed by atoms with Crippen molar-refractivity contribution in [1.82, 2.24) is 0 Å². The third-order valence-electron chi connectivity index (χ3n) is 2.78. The number of halogens is 2. The van der Waals surface area contributed by atoms with Crippen LogP contribution in [0.1, 0.15) is 17.2 Å². The molecule has 19 heavy (non-hydrogen) atoms. The third kappa shape index (κ3) is 4.06. The number of benzene rings is 2. The van der Waals surface area contributed by atoms with Crippen LogP contribution in [0, 0.1) is 12.7 Å². The van der Waals surface area contributed by atoms with E-state index in [2.05, 4.69) is 35.0 Å². The van der Waals surface area contributed by atoms with Crippen LogP contribution in [0.3, 0.4) is 0 Å². The monoisotopic (exact) mass is 339 g/mol. The molecule has 4 heteroatoms. The first-order valence-corrected chi connectivity index (χ1v) is 7.74. The second kappa shape index (κ2) is 6.55. The molecule has 2 aromatic carbocycles. The summed E-state index contributed by atoms with van der Waals surface area (Å²) in [7, 11) is 0. The van der Waals surface area contributed by atoms with E-state index in [0.717, 1.165) is 9.37 Å². The molecule has 1 atom stereocenters. The van der Waals surface area contributed by atoms with Gasteiger partial charge in [-0.2, -0.15) is 0 Å². The summed E-state index contributed by atoms with van der Waals surface area (Å²) in [6.07, 6.45) is 0. The highest BCUT2D eigenvalue weighted by Gasteiger charge is 2.12. The Hall–Kier alpha value is -0.840. The quantitative estimate of drug-likeness (QED) is 0.817. The van der Waals surface area contributed by atoms with E-state index in [4.69, 9.17) is 5.73 Å². The Bertz CT molecular complexity index is 574. The van der Waals surface area contributed by atoms with Gasteiger partial charge in [0.2, 0.25) is 0 Å². The summed E-state index contributed by atoms with van der Waals surface area (Å²) in [4.78, 5) is 1.16. The van der Waals surface area contributed by atoms with Gasteiger partial charge < -0.3 is 5.73 Å². The lowest BCUT2D eigenvalue weighted by atomic mass is 10.1. The molecule has 0 amide bonds. The first-order chi connectivity index (χ1) is 9.06. The van der Waals surface area contributed by atoms with E-state index in [-0.39, 0.29) is 11.9 Å². The zero-order valence-electron chi connectivity index (χ0n) is 10.6. The Labute approximate surface area is 125 Å². The average Bonchev–Trinajstić information content (AvgIpc) is 2.39. The molecule has 0 heterocycles. The number of rotatable bonds is 4. The van der Waals surface area contributed by atoms with Crippen LogP contribution in [0.4, 0.5) is 4.39 Å². The van der Waals surface area contributed by atoms with E-state index >= 15 is 0 Å². The molecule has 100 valence electrons. The minimum Gasteiger partial charge on any atom is -0.323 e. The molecule has 0 aliphatic rings. The molecule has 1 nitrogen and oxygen atoms in total. The Morgan fingerprint density at radius 3 is 2.79 bits per heavy atom. The summed E-state index contributed by atoms with van der Waals surface area (Å²) >= 11 is 4.99. The highest BCUT2D eigenvalue weighted by atomic mass is 79.9. The fourth-order valence-corrected chi connectivity index (χ4v) is 3.15. The van der Waals surface area contributed by atoms with Crippen LogP contribution in [-0.2, 0) is 0 Å². The summed E-state index contributed by atoms with van der Waals surface area (Å²) in [6.45, 7) is 2.05. The van der Waals surface area contributed by atoms with Crippen molar-refractivity contribution in [2.75, 3.05) is 5.75 Å². The van der Waals surface area contributed by atoms with Crippen molar-refractivity contribution in [2.45, 2.75) is 17.9 Å². The maximum absolute atomic E-state index is 13.7. The van der Waals surface area contributed by atoms with E-state index in [1.54, 1.807) is 23.9 Å². The average molecular weight is 340 g/mol. The van der Waals surface area contributed by atoms with Crippen LogP contribution < -0.4 is 5.73 Å². The maximum Gasteiger partial charge on any atom is 0.128 e. The lowest BCUT2D eigenvalue weighted by Crippen LogP contribution is -2.14. The van der Waals surface area contributed by atoms with Gasteiger partial charge in [0.25, 0.3) is 0 Å². The molecule has 0 bridgehead atoms. The normalized spacial score (nSPS) is 12.4. The molecule has 2 rings (SSSR count). The van der Waals surface area contributed by atoms with Crippen molar-refractivity contribution in [2.24, 2.45) is 5.73 Å². The Morgan fingerprint density at radius 1 is 1.26 bits per heavy atom. The SMILES string of the molecule is Cc1cccc(SCC(N)c2cc(Br)ccc2F)c1. The minimum atomic E-state index is -0.317. The molecule has 0 fully saturated rings. The molecule has 0 aliphatic heterocycles. The lowest BCUT2D eigenvalue weighted by molar-refractivity contribution is 0.595. The summed E-state index contributed by atoms with van der Waals surface area (Å²) in [5.41, 5.74) is 7.83. The number of nitrogens with two attached hydrogens (primary N) is 1. The van der Waals surface area contributed by atoms with E-state index < -0.39 is 0 Å². The fraction of sp³-hybridized carbons (Fsp3) is 0.200. The highest BCUT2D eigenvalue weighted by Crippen LogP contribution is 2.27. The Balaban J connectivity index is 2.05. The van der Waals surface area contributed by atoms with Gasteiger partial charge in [0, 0.05) is 26.7 Å². The second-order valence-corrected chi connectivity index (χ2v) is 6.41. The standard InChI is InChI=1S/C15H15BrFNS/c1-10-3-2-4-12(7-10)19-9-15(18)13-8-11(16)5-6-14(13)17/h2-8,15H,9,18H2,1H3. The second-order valence-electron chi connectivity index (χ2n) is 4.40. The summed E-state index contributed by atoms with van der Waals surface area (Å²) in [6, 6.07) is 12.8. The number of hydrogen-bond donors (Lipinski definition) is 1. The molecular formula is C15H15BrFNS. The molecule has 0 radical (unpaired) electrons. The fourth-order valence-electron chi connectivity index (χ4n) is 1.78. The minimum absolute atomic E-state index is 0.249. The van der Waals surface area contributed by atoms with Crippen LogP contribution in [0.15, 0.2) is 51.8 Å². The van der Waals surface area contributed by atoms with Crippen molar-refractivity contribution in [3.05, 3.63) is 63.9 Å². The Morgan fingerprint density at radius 2 is 2.05 bits per heavy atom. The maximum atomic E-state index is 13.7. The topological polar surface area (TPSA) is 26.0 Å². The van der Waals surface area contributed by atoms with Crippen molar-refractivity contribution >= 4 is 27.7 Å². The van der Waals surface area contributed by atoms with Gasteiger partial charge in [-0.15, -0.1) is 11.8 Å². The van der Waals surface area contributed by atoms with Crippen molar-refractivity contribution < 1.29 is 4.39 Å². The molecule has 0 saturated carbocycles. The van der Waals surface area contributed by atoms with Crippen LogP contribution >= 0.6 is 27.7 Å². The molecular weight excluding hydrogens is 325 g/mol. The first kappa shape index (κ1) is 14.6. The third-order valence-corrected chi connectivity index (χ3v) is 4.38. The molecule has 0 aliphatic carbocycles. The molecule has 2 N–H and O–H groups in total. The molecule has 0 spiro atoms. The van der Waals surface area contributed by atoms with Gasteiger partial charge in [0.15, 0.2) is 0 Å². The summed E-state index contributed by atoms with van der Waals surface area (Å²) in [5.74, 6) is 0.400. The molecule has 2 aromatic rings. The smallest absolute Gasteiger partial charge is 0.128 e. The van der Waals surface area contributed by atoms with Gasteiger partial charge in [-0.05, 0) is 37.3 Å². The lowest BCUT2D eigenvalue weighted by Gasteiger charge is -2.13. The van der Waals surface area contributed by atoms with E-state index in [1.807, 2.05) is 12.1 Å². The highest BCUT2D eigenvalue weighted by molar-refractivity contribution is 9.10. The zero-order valence-corrected chi connectivity index (χ0v) is 13.0. The largest absolute Gasteiger partial charge is 0.323 e. The molecule has 0 saturated heterocycles. The van der Waals surface area contributed by atoms with Crippen molar-refractivity contribution in [3.63, 3.8) is 0 Å². The predicted octanol–water partition coefficient (Wildman–Crippen LogP) is 4.69. The van der Waals surface area contributed by atoms with Crippen LogP contribution in [0.5, 0.6) is 0 Å². The van der Waals surface area contributed by atoms with Crippen LogP contribution in [0.25, 0.3) is 0 Å². The molecule has 0 aromatic heterocycles. The number of thioether (sulfide) groups is 1. The van der Waals surface area contributed by atoms with E-state index in [0.29, 0.717) is 11.3 Å². The summed E-state index contributed by atoms with van der Waals surface area (Å²) in [5, 5.41) is 0. The van der Waals surface area contributed by atoms with Gasteiger partial charge in [-0.25, -0.2) is 4.39 Å². The number of hydrogen-bond acceptors (Lipinski definition) is 2. The zero-order chi connectivity index (χ0) is 13.8. The summed E-state index contributed by atoms with van der Waals surface area (Å²) < 4.78 is 14.5. The van der Waals surface area contributed by atoms with Gasteiger partial charge in [-0.1, -0.05) is 33.6 Å². The number of aryl methyl sites for hydroxylation is 1. The predicted molar refractivity (Wildman–Crippen MR) is 82.9 cm³/mol. The van der Waals surface area contributed by atoms with Crippen molar-refractivity contribution in [3.8, 4) is 0 Å². The van der Waals surface area contributed by atoms with E-state index in [1.165, 1.54) is 11.6 Å². The van der Waals surface area contributed by atoms with Gasteiger partial charge >= 0.3 is 0 Å². The first-order valence-electron chi connectivity index (χ1n) is 5.96.